The van der Waals surface area contributed by atoms with Gasteiger partial charge in [0.15, 0.2) is 0 Å². The minimum Gasteiger partial charge on any atom is -0.291 e. The van der Waals surface area contributed by atoms with Crippen molar-refractivity contribution in [3.8, 4) is 6.07 Å². The molecule has 0 bridgehead atoms. The van der Waals surface area contributed by atoms with Gasteiger partial charge in [-0.15, -0.1) is 0 Å². The monoisotopic (exact) mass is 126 g/mol. The van der Waals surface area contributed by atoms with Crippen LogP contribution in [-0.4, -0.2) is 24.5 Å². The van der Waals surface area contributed by atoms with Gasteiger partial charge < -0.3 is 0 Å². The smallest absolute Gasteiger partial charge is 0.0865 e. The third-order valence-electron chi connectivity index (χ3n) is 1.66. The molecule has 0 N–H and O–H groups in total. The lowest BCUT2D eigenvalue weighted by atomic mass is 10.2. The Labute approximate surface area is 57.1 Å². The molecule has 9 heavy (non-hydrogen) atoms. The fourth-order valence-electron chi connectivity index (χ4n) is 0.579. The average Bonchev–Trinajstić information content (AvgIpc) is 1.87. The fraction of sp³-hybridized carbons (Fsp3) is 0.857. The second-order valence-electron chi connectivity index (χ2n) is 2.33. The molecule has 0 fully saturated rings. The van der Waals surface area contributed by atoms with E-state index in [4.69, 9.17) is 5.26 Å². The minimum atomic E-state index is 0.532. The van der Waals surface area contributed by atoms with Crippen LogP contribution in [0.4, 0.5) is 0 Å². The van der Waals surface area contributed by atoms with Gasteiger partial charge in [0.1, 0.15) is 0 Å². The van der Waals surface area contributed by atoms with Gasteiger partial charge in [0, 0.05) is 6.04 Å². The summed E-state index contributed by atoms with van der Waals surface area (Å²) in [4.78, 5) is 2.04. The minimum absolute atomic E-state index is 0.532. The SMILES string of the molecule is CC[C@@H](C)N(C)CC#N. The second kappa shape index (κ2) is 4.34. The molecule has 52 valence electrons. The number of hydrogen-bond acceptors (Lipinski definition) is 2. The zero-order valence-electron chi connectivity index (χ0n) is 6.39. The molecule has 2 nitrogen and oxygen atoms in total. The van der Waals surface area contributed by atoms with Crippen molar-refractivity contribution in [2.24, 2.45) is 0 Å². The fourth-order valence-corrected chi connectivity index (χ4v) is 0.579. The van der Waals surface area contributed by atoms with Crippen molar-refractivity contribution < 1.29 is 0 Å². The maximum Gasteiger partial charge on any atom is 0.0865 e. The molecular formula is C7H14N2. The van der Waals surface area contributed by atoms with E-state index < -0.39 is 0 Å². The first-order valence-electron chi connectivity index (χ1n) is 3.29. The summed E-state index contributed by atoms with van der Waals surface area (Å²) < 4.78 is 0. The number of nitriles is 1. The van der Waals surface area contributed by atoms with Crippen LogP contribution in [0.3, 0.4) is 0 Å². The van der Waals surface area contributed by atoms with Crippen LogP contribution in [0.25, 0.3) is 0 Å². The van der Waals surface area contributed by atoms with Gasteiger partial charge in [-0.25, -0.2) is 0 Å². The molecule has 2 heteroatoms. The van der Waals surface area contributed by atoms with Crippen LogP contribution < -0.4 is 0 Å². The van der Waals surface area contributed by atoms with E-state index in [1.807, 2.05) is 11.9 Å². The molecule has 0 rings (SSSR count). The van der Waals surface area contributed by atoms with E-state index in [1.54, 1.807) is 0 Å². The maximum absolute atomic E-state index is 8.29. The van der Waals surface area contributed by atoms with E-state index in [0.717, 1.165) is 6.42 Å². The molecule has 0 aromatic carbocycles. The second-order valence-corrected chi connectivity index (χ2v) is 2.33. The van der Waals surface area contributed by atoms with Crippen LogP contribution >= 0.6 is 0 Å². The standard InChI is InChI=1S/C7H14N2/c1-4-7(2)9(3)6-5-8/h7H,4,6H2,1-3H3/t7-/m1/s1. The van der Waals surface area contributed by atoms with Gasteiger partial charge in [0.25, 0.3) is 0 Å². The highest BCUT2D eigenvalue weighted by Crippen LogP contribution is 1.97. The predicted octanol–water partition coefficient (Wildman–Crippen LogP) is 1.24. The molecule has 0 amide bonds. The normalized spacial score (nSPS) is 13.2. The Morgan fingerprint density at radius 1 is 1.67 bits per heavy atom. The first kappa shape index (κ1) is 8.45. The lowest BCUT2D eigenvalue weighted by Crippen LogP contribution is -2.28. The Balaban J connectivity index is 3.48. The zero-order valence-corrected chi connectivity index (χ0v) is 6.39. The molecule has 0 spiro atoms. The molecule has 1 atom stereocenters. The van der Waals surface area contributed by atoms with Crippen molar-refractivity contribution in [3.05, 3.63) is 0 Å². The highest BCUT2D eigenvalue weighted by Gasteiger charge is 2.03. The Morgan fingerprint density at radius 3 is 2.56 bits per heavy atom. The Morgan fingerprint density at radius 2 is 2.22 bits per heavy atom. The summed E-state index contributed by atoms with van der Waals surface area (Å²) in [5, 5.41) is 8.29. The Kier molecular flexibility index (Phi) is 4.08. The number of rotatable bonds is 3. The van der Waals surface area contributed by atoms with E-state index in [-0.39, 0.29) is 0 Å². The van der Waals surface area contributed by atoms with Gasteiger partial charge >= 0.3 is 0 Å². The maximum atomic E-state index is 8.29. The van der Waals surface area contributed by atoms with E-state index >= 15 is 0 Å². The van der Waals surface area contributed by atoms with Crippen molar-refractivity contribution in [2.75, 3.05) is 13.6 Å². The molecule has 0 aromatic rings. The Hall–Kier alpha value is -0.550. The summed E-state index contributed by atoms with van der Waals surface area (Å²) in [6.45, 7) is 4.78. The first-order valence-corrected chi connectivity index (χ1v) is 3.29. The largest absolute Gasteiger partial charge is 0.291 e. The molecule has 0 saturated heterocycles. The van der Waals surface area contributed by atoms with Crippen LogP contribution in [0.2, 0.25) is 0 Å². The predicted molar refractivity (Wildman–Crippen MR) is 38.0 cm³/mol. The van der Waals surface area contributed by atoms with Crippen LogP contribution in [-0.2, 0) is 0 Å². The zero-order chi connectivity index (χ0) is 7.28. The van der Waals surface area contributed by atoms with E-state index in [0.29, 0.717) is 12.6 Å². The number of hydrogen-bond donors (Lipinski definition) is 0. The van der Waals surface area contributed by atoms with Crippen molar-refractivity contribution in [2.45, 2.75) is 26.3 Å². The molecule has 0 radical (unpaired) electrons. The van der Waals surface area contributed by atoms with Crippen molar-refractivity contribution >= 4 is 0 Å². The lowest BCUT2D eigenvalue weighted by molar-refractivity contribution is 0.281. The summed E-state index contributed by atoms with van der Waals surface area (Å²) in [6.07, 6.45) is 1.11. The molecule has 0 heterocycles. The summed E-state index contributed by atoms with van der Waals surface area (Å²) in [5.41, 5.74) is 0. The molecule has 0 aliphatic heterocycles. The molecule has 0 aliphatic rings. The highest BCUT2D eigenvalue weighted by molar-refractivity contribution is 4.76. The number of nitrogens with zero attached hydrogens (tertiary/aromatic N) is 2. The molecule has 0 saturated carbocycles. The topological polar surface area (TPSA) is 27.0 Å². The lowest BCUT2D eigenvalue weighted by Gasteiger charge is -2.19. The average molecular weight is 126 g/mol. The van der Waals surface area contributed by atoms with Crippen molar-refractivity contribution in [1.29, 1.82) is 5.26 Å². The highest BCUT2D eigenvalue weighted by atomic mass is 15.1. The third kappa shape index (κ3) is 3.10. The summed E-state index contributed by atoms with van der Waals surface area (Å²) in [7, 11) is 1.97. The quantitative estimate of drug-likeness (QED) is 0.532. The summed E-state index contributed by atoms with van der Waals surface area (Å²) >= 11 is 0. The molecule has 0 aromatic heterocycles. The summed E-state index contributed by atoms with van der Waals surface area (Å²) in [5.74, 6) is 0. The van der Waals surface area contributed by atoms with Crippen molar-refractivity contribution in [3.63, 3.8) is 0 Å². The van der Waals surface area contributed by atoms with Crippen LogP contribution in [0.5, 0.6) is 0 Å². The van der Waals surface area contributed by atoms with Crippen LogP contribution in [0, 0.1) is 11.3 Å². The van der Waals surface area contributed by atoms with Gasteiger partial charge in [-0.3, -0.25) is 4.90 Å². The molecule has 0 aliphatic carbocycles. The van der Waals surface area contributed by atoms with Gasteiger partial charge in [-0.2, -0.15) is 5.26 Å². The van der Waals surface area contributed by atoms with E-state index in [9.17, 15) is 0 Å². The van der Waals surface area contributed by atoms with Gasteiger partial charge in [-0.1, -0.05) is 6.92 Å². The summed E-state index contributed by atoms with van der Waals surface area (Å²) in [6, 6.07) is 2.64. The third-order valence-corrected chi connectivity index (χ3v) is 1.66. The van der Waals surface area contributed by atoms with E-state index in [2.05, 4.69) is 19.9 Å². The van der Waals surface area contributed by atoms with Crippen molar-refractivity contribution in [1.82, 2.24) is 4.90 Å². The Bertz CT molecular complexity index is 104. The van der Waals surface area contributed by atoms with E-state index in [1.165, 1.54) is 0 Å². The molecular weight excluding hydrogens is 112 g/mol. The first-order chi connectivity index (χ1) is 4.22. The molecule has 0 unspecified atom stereocenters. The van der Waals surface area contributed by atoms with Crippen LogP contribution in [0.15, 0.2) is 0 Å². The van der Waals surface area contributed by atoms with Crippen LogP contribution in [0.1, 0.15) is 20.3 Å². The van der Waals surface area contributed by atoms with Gasteiger partial charge in [0.05, 0.1) is 12.6 Å². The van der Waals surface area contributed by atoms with Gasteiger partial charge in [0.2, 0.25) is 0 Å². The van der Waals surface area contributed by atoms with Gasteiger partial charge in [-0.05, 0) is 20.4 Å².